The Morgan fingerprint density at radius 1 is 0.507 bits per heavy atom. The fraction of sp³-hybridized carbons (Fsp3) is 0.0429. The quantitative estimate of drug-likeness (QED) is 0.163. The molecule has 15 rings (SSSR count). The van der Waals surface area contributed by atoms with E-state index in [-0.39, 0.29) is 0 Å². The van der Waals surface area contributed by atoms with Crippen LogP contribution < -0.4 is 0 Å². The summed E-state index contributed by atoms with van der Waals surface area (Å²) in [6, 6.07) is 78.1. The number of benzene rings is 10. The lowest BCUT2D eigenvalue weighted by molar-refractivity contribution is 0.669. The Balaban J connectivity index is 1.02. The van der Waals surface area contributed by atoms with E-state index >= 15 is 0 Å². The van der Waals surface area contributed by atoms with Crippen LogP contribution in [0.2, 0.25) is 0 Å². The van der Waals surface area contributed by atoms with Crippen molar-refractivity contribution in [3.8, 4) is 44.5 Å². The van der Waals surface area contributed by atoms with Crippen LogP contribution in [0.3, 0.4) is 0 Å². The van der Waals surface area contributed by atoms with Crippen LogP contribution in [0.5, 0.6) is 0 Å². The number of furan rings is 1. The molecule has 2 nitrogen and oxygen atoms in total. The molecule has 0 radical (unpaired) electrons. The Bertz CT molecular complexity index is 4390. The van der Waals surface area contributed by atoms with E-state index in [0.29, 0.717) is 6.42 Å². The van der Waals surface area contributed by atoms with Crippen LogP contribution in [0, 0.1) is 6.92 Å². The highest BCUT2D eigenvalue weighted by atomic mass is 32.1. The number of aryl methyl sites for hydroxylation is 1. The molecule has 2 aromatic heterocycles. The van der Waals surface area contributed by atoms with Gasteiger partial charge in [-0.2, -0.15) is 0 Å². The fourth-order valence-corrected chi connectivity index (χ4v) is 14.1. The fourth-order valence-electron chi connectivity index (χ4n) is 12.8. The molecule has 0 fully saturated rings. The van der Waals surface area contributed by atoms with Crippen molar-refractivity contribution in [1.82, 2.24) is 0 Å². The Labute approximate surface area is 427 Å². The second-order valence-electron chi connectivity index (χ2n) is 19.6. The number of rotatable bonds is 6. The van der Waals surface area contributed by atoms with Gasteiger partial charge in [0.05, 0.1) is 16.8 Å². The molecule has 0 atom stereocenters. The van der Waals surface area contributed by atoms with Crippen molar-refractivity contribution in [2.45, 2.75) is 18.8 Å². The summed E-state index contributed by atoms with van der Waals surface area (Å²) < 4.78 is 9.15. The number of thiophene rings is 1. The first kappa shape index (κ1) is 41.9. The van der Waals surface area contributed by atoms with Crippen LogP contribution in [-0.2, 0) is 5.41 Å². The first-order chi connectivity index (χ1) is 36.1. The molecule has 0 amide bonds. The monoisotopic (exact) mass is 947 g/mol. The first-order valence-corrected chi connectivity index (χ1v) is 26.0. The molecule has 1 aliphatic heterocycles. The average molecular weight is 948 g/mol. The molecule has 0 N–H and O–H groups in total. The lowest BCUT2D eigenvalue weighted by Gasteiger charge is -2.31. The van der Waals surface area contributed by atoms with Gasteiger partial charge in [0, 0.05) is 42.1 Å². The summed E-state index contributed by atoms with van der Waals surface area (Å²) >= 11 is 1.87. The number of fused-ring (bicyclic) bond motifs is 16. The highest BCUT2D eigenvalue weighted by Crippen LogP contribution is 2.63. The van der Waals surface area contributed by atoms with Crippen LogP contribution in [0.1, 0.15) is 56.5 Å². The van der Waals surface area contributed by atoms with Gasteiger partial charge in [0.15, 0.2) is 0 Å². The summed E-state index contributed by atoms with van der Waals surface area (Å²) in [7, 11) is 0. The number of para-hydroxylation sites is 1. The molecule has 0 unspecified atom stereocenters. The van der Waals surface area contributed by atoms with Crippen LogP contribution in [0.15, 0.2) is 240 Å². The summed E-state index contributed by atoms with van der Waals surface area (Å²) in [5, 5.41) is 4.71. The highest BCUT2D eigenvalue weighted by molar-refractivity contribution is 7.26. The molecular formula is C70H45NOS. The van der Waals surface area contributed by atoms with Crippen LogP contribution in [0.25, 0.3) is 104 Å². The van der Waals surface area contributed by atoms with Crippen molar-refractivity contribution in [1.29, 1.82) is 0 Å². The topological polar surface area (TPSA) is 25.5 Å². The molecule has 3 heteroatoms. The van der Waals surface area contributed by atoms with Crippen molar-refractivity contribution in [3.05, 3.63) is 281 Å². The minimum absolute atomic E-state index is 0.482. The second kappa shape index (κ2) is 16.1. The second-order valence-corrected chi connectivity index (χ2v) is 20.7. The molecule has 3 aliphatic rings. The minimum Gasteiger partial charge on any atom is -0.456 e. The predicted molar refractivity (Wildman–Crippen MR) is 309 cm³/mol. The number of nitrogens with zero attached hydrogens (tertiary/aromatic N) is 1. The Hall–Kier alpha value is -8.89. The Morgan fingerprint density at radius 3 is 1.86 bits per heavy atom. The SMILES string of the molecule is C=Cc1ccccc1-c1c(C)ccc(-c2ccc3c(c2)C2(c4ccccc4-c4ccccc42)c2ccccc2-3)c1C1=CCC(c2cccc3c2sc2ccccc23)=CC(c2cccc3oc4ccccc4c23)=N1. The molecule has 12 aromatic rings. The molecule has 73 heavy (non-hydrogen) atoms. The smallest absolute Gasteiger partial charge is 0.136 e. The molecule has 10 aromatic carbocycles. The molecule has 342 valence electrons. The summed E-state index contributed by atoms with van der Waals surface area (Å²) in [6.07, 6.45) is 7.41. The molecule has 3 heterocycles. The largest absolute Gasteiger partial charge is 0.456 e. The Morgan fingerprint density at radius 2 is 1.10 bits per heavy atom. The van der Waals surface area contributed by atoms with Crippen molar-refractivity contribution in [2.75, 3.05) is 0 Å². The van der Waals surface area contributed by atoms with E-state index in [1.54, 1.807) is 0 Å². The van der Waals surface area contributed by atoms with Crippen LogP contribution >= 0.6 is 11.3 Å². The van der Waals surface area contributed by atoms with Gasteiger partial charge in [-0.1, -0.05) is 207 Å². The zero-order chi connectivity index (χ0) is 48.4. The molecular weight excluding hydrogens is 903 g/mol. The maximum absolute atomic E-state index is 6.57. The van der Waals surface area contributed by atoms with Crippen molar-refractivity contribution in [3.63, 3.8) is 0 Å². The van der Waals surface area contributed by atoms with E-state index in [1.807, 2.05) is 23.5 Å². The van der Waals surface area contributed by atoms with Gasteiger partial charge >= 0.3 is 0 Å². The van der Waals surface area contributed by atoms with E-state index < -0.39 is 5.41 Å². The third-order valence-corrected chi connectivity index (χ3v) is 17.1. The van der Waals surface area contributed by atoms with Gasteiger partial charge in [-0.25, -0.2) is 4.99 Å². The highest BCUT2D eigenvalue weighted by Gasteiger charge is 2.51. The molecule has 0 saturated carbocycles. The first-order valence-electron chi connectivity index (χ1n) is 25.2. The summed E-state index contributed by atoms with van der Waals surface area (Å²) in [5.41, 5.74) is 24.9. The normalized spacial score (nSPS) is 14.2. The summed E-state index contributed by atoms with van der Waals surface area (Å²) in [5.74, 6) is 0. The zero-order valence-electron chi connectivity index (χ0n) is 40.1. The summed E-state index contributed by atoms with van der Waals surface area (Å²) in [6.45, 7) is 6.59. The zero-order valence-corrected chi connectivity index (χ0v) is 40.9. The Kier molecular flexibility index (Phi) is 9.21. The number of hydrogen-bond donors (Lipinski definition) is 0. The number of aliphatic imine (C=N–C) groups is 1. The minimum atomic E-state index is -0.482. The predicted octanol–water partition coefficient (Wildman–Crippen LogP) is 18.9. The van der Waals surface area contributed by atoms with Gasteiger partial charge < -0.3 is 4.42 Å². The van der Waals surface area contributed by atoms with Crippen molar-refractivity contribution < 1.29 is 4.42 Å². The lowest BCUT2D eigenvalue weighted by Crippen LogP contribution is -2.25. The number of allylic oxidation sites excluding steroid dienone is 3. The maximum atomic E-state index is 6.57. The van der Waals surface area contributed by atoms with Gasteiger partial charge in [0.25, 0.3) is 0 Å². The van der Waals surface area contributed by atoms with Crippen LogP contribution in [-0.4, -0.2) is 5.71 Å². The van der Waals surface area contributed by atoms with E-state index in [2.05, 4.69) is 232 Å². The summed E-state index contributed by atoms with van der Waals surface area (Å²) in [4.78, 5) is 5.99. The number of hydrogen-bond acceptors (Lipinski definition) is 3. The van der Waals surface area contributed by atoms with Gasteiger partial charge in [0.2, 0.25) is 0 Å². The van der Waals surface area contributed by atoms with Crippen LogP contribution in [0.4, 0.5) is 0 Å². The van der Waals surface area contributed by atoms with Crippen molar-refractivity contribution >= 4 is 76.5 Å². The van der Waals surface area contributed by atoms with E-state index in [4.69, 9.17) is 9.41 Å². The molecule has 1 spiro atoms. The average Bonchev–Trinajstić information content (AvgIpc) is 4.14. The van der Waals surface area contributed by atoms with Gasteiger partial charge in [-0.05, 0) is 133 Å². The maximum Gasteiger partial charge on any atom is 0.136 e. The lowest BCUT2D eigenvalue weighted by atomic mass is 9.70. The third kappa shape index (κ3) is 6.00. The molecule has 0 bridgehead atoms. The molecule has 0 saturated heterocycles. The van der Waals surface area contributed by atoms with Gasteiger partial charge in [-0.3, -0.25) is 0 Å². The van der Waals surface area contributed by atoms with Gasteiger partial charge in [0.1, 0.15) is 11.2 Å². The van der Waals surface area contributed by atoms with Crippen molar-refractivity contribution in [2.24, 2.45) is 4.99 Å². The molecule has 2 aliphatic carbocycles. The van der Waals surface area contributed by atoms with E-state index in [9.17, 15) is 0 Å². The van der Waals surface area contributed by atoms with Gasteiger partial charge in [-0.15, -0.1) is 11.3 Å². The standard InChI is InChI=1S/C70H45NOS/c1-3-43-18-4-5-19-46(43)66-42(2)34-37-47(44-35-38-52-51-22-8-13-30-59(51)70(60(52)40-44)57-28-11-6-20-49(57)50-21-7-12-29-58(50)70)68(66)61-39-36-45(48-25-16-26-54-53-23-10-15-33-65(53)73-69(48)54)41-62(71-61)55-27-17-32-64-67(55)56-24-9-14-31-63(56)72-64/h3-35,37-41H,1,36H2,2H3. The third-order valence-electron chi connectivity index (χ3n) is 15.9. The van der Waals surface area contributed by atoms with E-state index in [0.717, 1.165) is 72.3 Å². The van der Waals surface area contributed by atoms with E-state index in [1.165, 1.54) is 81.4 Å².